The molecule has 0 aliphatic rings. The van der Waals surface area contributed by atoms with Crippen molar-refractivity contribution < 1.29 is 13.9 Å². The van der Waals surface area contributed by atoms with Gasteiger partial charge < -0.3 is 4.74 Å². The lowest BCUT2D eigenvalue weighted by Gasteiger charge is -2.04. The molecule has 1 aromatic heterocycles. The van der Waals surface area contributed by atoms with E-state index in [4.69, 9.17) is 4.74 Å². The normalized spacial score (nSPS) is 10.2. The summed E-state index contributed by atoms with van der Waals surface area (Å²) in [5.74, 6) is -0.540. The van der Waals surface area contributed by atoms with Crippen molar-refractivity contribution in [3.8, 4) is 5.75 Å². The number of aromatic nitrogens is 1. The van der Waals surface area contributed by atoms with Gasteiger partial charge in [0.05, 0.1) is 18.9 Å². The van der Waals surface area contributed by atoms with E-state index >= 15 is 0 Å². The number of rotatable bonds is 3. The highest BCUT2D eigenvalue weighted by molar-refractivity contribution is 9.10. The quantitative estimate of drug-likeness (QED) is 0.817. The van der Waals surface area contributed by atoms with Crippen LogP contribution in [0, 0.1) is 5.82 Å². The maximum atomic E-state index is 13.7. The van der Waals surface area contributed by atoms with Crippen LogP contribution in [0.15, 0.2) is 41.1 Å². The van der Waals surface area contributed by atoms with Gasteiger partial charge in [-0.25, -0.2) is 4.39 Å². The molecule has 0 saturated heterocycles. The van der Waals surface area contributed by atoms with Gasteiger partial charge in [-0.05, 0) is 24.3 Å². The zero-order chi connectivity index (χ0) is 13.1. The maximum absolute atomic E-state index is 13.7. The number of benzene rings is 1. The summed E-state index contributed by atoms with van der Waals surface area (Å²) >= 11 is 3.14. The van der Waals surface area contributed by atoms with Crippen LogP contribution in [0.25, 0.3) is 0 Å². The summed E-state index contributed by atoms with van der Waals surface area (Å²) < 4.78 is 19.2. The molecule has 0 atom stereocenters. The first-order valence-electron chi connectivity index (χ1n) is 5.10. The van der Waals surface area contributed by atoms with E-state index < -0.39 is 11.6 Å². The van der Waals surface area contributed by atoms with Crippen molar-refractivity contribution in [1.82, 2.24) is 4.98 Å². The fraction of sp³-hybridized carbons (Fsp3) is 0.0769. The standard InChI is InChI=1S/C13H9BrFNO2/c1-18-10-4-8(6-16-7-10)13(17)11-3-2-9(14)5-12(11)15/h2-7H,1H3. The van der Waals surface area contributed by atoms with Gasteiger partial charge in [-0.2, -0.15) is 0 Å². The van der Waals surface area contributed by atoms with Gasteiger partial charge >= 0.3 is 0 Å². The molecular weight excluding hydrogens is 301 g/mol. The number of carbonyl (C=O) groups excluding carboxylic acids is 1. The van der Waals surface area contributed by atoms with Crippen molar-refractivity contribution in [3.63, 3.8) is 0 Å². The predicted octanol–water partition coefficient (Wildman–Crippen LogP) is 3.22. The van der Waals surface area contributed by atoms with Gasteiger partial charge in [-0.1, -0.05) is 15.9 Å². The van der Waals surface area contributed by atoms with Gasteiger partial charge in [-0.15, -0.1) is 0 Å². The molecule has 0 bridgehead atoms. The Morgan fingerprint density at radius 2 is 2.11 bits per heavy atom. The summed E-state index contributed by atoms with van der Waals surface area (Å²) in [4.78, 5) is 16.0. The van der Waals surface area contributed by atoms with Gasteiger partial charge in [0, 0.05) is 16.2 Å². The molecule has 2 rings (SSSR count). The summed E-state index contributed by atoms with van der Waals surface area (Å²) in [6.45, 7) is 0. The third-order valence-corrected chi connectivity index (χ3v) is 2.88. The van der Waals surface area contributed by atoms with Gasteiger partial charge in [-0.3, -0.25) is 9.78 Å². The Morgan fingerprint density at radius 3 is 2.78 bits per heavy atom. The van der Waals surface area contributed by atoms with E-state index in [1.165, 1.54) is 37.7 Å². The van der Waals surface area contributed by atoms with Crippen LogP contribution in [0.3, 0.4) is 0 Å². The first-order valence-corrected chi connectivity index (χ1v) is 5.90. The molecule has 0 unspecified atom stereocenters. The lowest BCUT2D eigenvalue weighted by molar-refractivity contribution is 0.103. The second-order valence-electron chi connectivity index (χ2n) is 3.57. The molecule has 0 radical (unpaired) electrons. The van der Waals surface area contributed by atoms with Crippen LogP contribution in [0.1, 0.15) is 15.9 Å². The van der Waals surface area contributed by atoms with E-state index in [0.29, 0.717) is 10.2 Å². The highest BCUT2D eigenvalue weighted by Gasteiger charge is 2.15. The highest BCUT2D eigenvalue weighted by atomic mass is 79.9. The number of halogens is 2. The molecule has 3 nitrogen and oxygen atoms in total. The molecule has 18 heavy (non-hydrogen) atoms. The molecule has 2 aromatic rings. The maximum Gasteiger partial charge on any atom is 0.197 e. The number of hydrogen-bond donors (Lipinski definition) is 0. The molecule has 0 fully saturated rings. The van der Waals surface area contributed by atoms with Crippen LogP contribution in [0.4, 0.5) is 4.39 Å². The molecule has 0 saturated carbocycles. The molecule has 92 valence electrons. The minimum absolute atomic E-state index is 0.00764. The molecule has 1 aromatic carbocycles. The smallest absolute Gasteiger partial charge is 0.197 e. The highest BCUT2D eigenvalue weighted by Crippen LogP contribution is 2.19. The molecule has 0 spiro atoms. The molecule has 0 amide bonds. The fourth-order valence-corrected chi connectivity index (χ4v) is 1.82. The fourth-order valence-electron chi connectivity index (χ4n) is 1.48. The number of hydrogen-bond acceptors (Lipinski definition) is 3. The first kappa shape index (κ1) is 12.7. The Bertz CT molecular complexity index is 601. The van der Waals surface area contributed by atoms with Crippen LogP contribution in [0.2, 0.25) is 0 Å². The minimum Gasteiger partial charge on any atom is -0.495 e. The van der Waals surface area contributed by atoms with E-state index in [1.807, 2.05) is 0 Å². The summed E-state index contributed by atoms with van der Waals surface area (Å²) in [7, 11) is 1.48. The van der Waals surface area contributed by atoms with Crippen molar-refractivity contribution in [1.29, 1.82) is 0 Å². The number of nitrogens with zero attached hydrogens (tertiary/aromatic N) is 1. The molecule has 0 aliphatic carbocycles. The molecule has 0 N–H and O–H groups in total. The van der Waals surface area contributed by atoms with Crippen molar-refractivity contribution in [3.05, 3.63) is 58.1 Å². The zero-order valence-electron chi connectivity index (χ0n) is 9.48. The monoisotopic (exact) mass is 309 g/mol. The second-order valence-corrected chi connectivity index (χ2v) is 4.48. The Hall–Kier alpha value is -1.75. The topological polar surface area (TPSA) is 39.2 Å². The van der Waals surface area contributed by atoms with Crippen molar-refractivity contribution in [2.45, 2.75) is 0 Å². The minimum atomic E-state index is -0.572. The van der Waals surface area contributed by atoms with E-state index in [1.54, 1.807) is 6.07 Å². The van der Waals surface area contributed by atoms with E-state index in [2.05, 4.69) is 20.9 Å². The Labute approximate surface area is 112 Å². The average Bonchev–Trinajstić information content (AvgIpc) is 2.38. The SMILES string of the molecule is COc1cncc(C(=O)c2ccc(Br)cc2F)c1. The van der Waals surface area contributed by atoms with E-state index in [9.17, 15) is 9.18 Å². The summed E-state index contributed by atoms with van der Waals surface area (Å²) in [5, 5.41) is 0. The molecular formula is C13H9BrFNO2. The summed E-state index contributed by atoms with van der Waals surface area (Å²) in [6, 6.07) is 5.82. The predicted molar refractivity (Wildman–Crippen MR) is 68.3 cm³/mol. The Kier molecular flexibility index (Phi) is 3.72. The molecule has 0 aliphatic heterocycles. The van der Waals surface area contributed by atoms with E-state index in [-0.39, 0.29) is 11.1 Å². The van der Waals surface area contributed by atoms with Gasteiger partial charge in [0.25, 0.3) is 0 Å². The third kappa shape index (κ3) is 2.56. The van der Waals surface area contributed by atoms with Crippen LogP contribution >= 0.6 is 15.9 Å². The second kappa shape index (κ2) is 5.27. The number of ether oxygens (including phenoxy) is 1. The van der Waals surface area contributed by atoms with Gasteiger partial charge in [0.15, 0.2) is 5.78 Å². The van der Waals surface area contributed by atoms with Gasteiger partial charge in [0.1, 0.15) is 11.6 Å². The van der Waals surface area contributed by atoms with Crippen LogP contribution in [0.5, 0.6) is 5.75 Å². The lowest BCUT2D eigenvalue weighted by atomic mass is 10.0. The van der Waals surface area contributed by atoms with Crippen molar-refractivity contribution >= 4 is 21.7 Å². The summed E-state index contributed by atoms with van der Waals surface area (Å²) in [6.07, 6.45) is 2.86. The largest absolute Gasteiger partial charge is 0.495 e. The zero-order valence-corrected chi connectivity index (χ0v) is 11.1. The summed E-state index contributed by atoms with van der Waals surface area (Å²) in [5.41, 5.74) is 0.295. The third-order valence-electron chi connectivity index (χ3n) is 2.39. The van der Waals surface area contributed by atoms with Crippen LogP contribution < -0.4 is 4.74 Å². The number of pyridine rings is 1. The van der Waals surface area contributed by atoms with Crippen molar-refractivity contribution in [2.75, 3.05) is 7.11 Å². The first-order chi connectivity index (χ1) is 8.61. The number of carbonyl (C=O) groups is 1. The van der Waals surface area contributed by atoms with Crippen molar-refractivity contribution in [2.24, 2.45) is 0 Å². The Balaban J connectivity index is 2.41. The molecule has 5 heteroatoms. The van der Waals surface area contributed by atoms with E-state index in [0.717, 1.165) is 0 Å². The number of ketones is 1. The molecule has 1 heterocycles. The average molecular weight is 310 g/mol. The van der Waals surface area contributed by atoms with Gasteiger partial charge in [0.2, 0.25) is 0 Å². The lowest BCUT2D eigenvalue weighted by Crippen LogP contribution is -2.05. The van der Waals surface area contributed by atoms with Crippen LogP contribution in [-0.4, -0.2) is 17.9 Å². The Morgan fingerprint density at radius 1 is 1.33 bits per heavy atom. The van der Waals surface area contributed by atoms with Crippen LogP contribution in [-0.2, 0) is 0 Å². The number of methoxy groups -OCH3 is 1.